The maximum Gasteiger partial charge on any atom is 0.306 e. The van der Waals surface area contributed by atoms with Crippen molar-refractivity contribution >= 4 is 17.9 Å². The van der Waals surface area contributed by atoms with E-state index in [0.29, 0.717) is 19.3 Å². The summed E-state index contributed by atoms with van der Waals surface area (Å²) in [4.78, 5) is 38.0. The molecule has 6 heteroatoms. The van der Waals surface area contributed by atoms with Gasteiger partial charge in [0.25, 0.3) is 0 Å². The van der Waals surface area contributed by atoms with Crippen molar-refractivity contribution in [1.82, 2.24) is 0 Å². The summed E-state index contributed by atoms with van der Waals surface area (Å²) in [6.45, 7) is 6.43. The standard InChI is InChI=1S/C59H100O6/c1-4-7-10-13-16-19-22-24-26-28-29-31-32-34-37-40-43-46-49-52-58(61)64-55-56(54-63-57(60)51-48-45-42-39-36-21-18-15-12-9-6-3)65-59(62)53-50-47-44-41-38-35-33-30-27-25-23-20-17-14-11-8-5-2/h7,10,15-16,18-19,21,24,26,29,31,34,36-37,56H,4-6,8-9,11-14,17,20,22-23,25,27-28,30,32-33,35,38-55H2,1-3H3/b10-7-,18-15-,19-16-,26-24-,31-29-,36-21-,37-34-. The molecule has 0 aliphatic rings. The van der Waals surface area contributed by atoms with E-state index in [2.05, 4.69) is 106 Å². The predicted molar refractivity (Wildman–Crippen MR) is 279 cm³/mol. The Balaban J connectivity index is 4.42. The van der Waals surface area contributed by atoms with Crippen LogP contribution in [-0.4, -0.2) is 37.2 Å². The van der Waals surface area contributed by atoms with Gasteiger partial charge in [-0.25, -0.2) is 0 Å². The van der Waals surface area contributed by atoms with Gasteiger partial charge in [-0.15, -0.1) is 0 Å². The number of rotatable bonds is 48. The number of carbonyl (C=O) groups is 3. The largest absolute Gasteiger partial charge is 0.462 e. The zero-order valence-corrected chi connectivity index (χ0v) is 42.5. The first-order valence-corrected chi connectivity index (χ1v) is 27.1. The maximum atomic E-state index is 12.8. The summed E-state index contributed by atoms with van der Waals surface area (Å²) in [6, 6.07) is 0. The molecule has 0 saturated heterocycles. The van der Waals surface area contributed by atoms with Gasteiger partial charge in [-0.05, 0) is 83.5 Å². The molecule has 0 aliphatic heterocycles. The number of ether oxygens (including phenoxy) is 3. The molecule has 0 aliphatic carbocycles. The molecule has 0 amide bonds. The lowest BCUT2D eigenvalue weighted by atomic mass is 10.0. The molecule has 0 saturated carbocycles. The highest BCUT2D eigenvalue weighted by Crippen LogP contribution is 2.15. The third-order valence-electron chi connectivity index (χ3n) is 11.4. The Morgan fingerprint density at radius 3 is 1.08 bits per heavy atom. The molecule has 372 valence electrons. The topological polar surface area (TPSA) is 78.9 Å². The maximum absolute atomic E-state index is 12.8. The smallest absolute Gasteiger partial charge is 0.306 e. The molecular weight excluding hydrogens is 805 g/mol. The third-order valence-corrected chi connectivity index (χ3v) is 11.4. The fourth-order valence-electron chi connectivity index (χ4n) is 7.33. The van der Waals surface area contributed by atoms with E-state index in [4.69, 9.17) is 14.2 Å². The van der Waals surface area contributed by atoms with Crippen molar-refractivity contribution in [3.05, 3.63) is 85.1 Å². The Labute approximate surface area is 401 Å². The molecule has 0 spiro atoms. The van der Waals surface area contributed by atoms with E-state index in [9.17, 15) is 14.4 Å². The molecule has 0 rings (SSSR count). The summed E-state index contributed by atoms with van der Waals surface area (Å²) in [5.74, 6) is -0.954. The molecule has 0 N–H and O–H groups in total. The molecular formula is C59H100O6. The lowest BCUT2D eigenvalue weighted by molar-refractivity contribution is -0.167. The molecule has 0 aromatic rings. The summed E-state index contributed by atoms with van der Waals surface area (Å²) in [5, 5.41) is 0. The molecule has 65 heavy (non-hydrogen) atoms. The zero-order valence-electron chi connectivity index (χ0n) is 42.5. The minimum atomic E-state index is -0.799. The average molecular weight is 905 g/mol. The Kier molecular flexibility index (Phi) is 50.4. The molecule has 1 atom stereocenters. The van der Waals surface area contributed by atoms with Gasteiger partial charge < -0.3 is 14.2 Å². The molecule has 0 bridgehead atoms. The predicted octanol–water partition coefficient (Wildman–Crippen LogP) is 18.0. The fourth-order valence-corrected chi connectivity index (χ4v) is 7.33. The van der Waals surface area contributed by atoms with Crippen LogP contribution in [0.3, 0.4) is 0 Å². The number of unbranched alkanes of at least 4 members (excludes halogenated alkanes) is 24. The summed E-state index contributed by atoms with van der Waals surface area (Å²) in [7, 11) is 0. The van der Waals surface area contributed by atoms with Gasteiger partial charge in [-0.3, -0.25) is 14.4 Å². The van der Waals surface area contributed by atoms with Gasteiger partial charge in [0.1, 0.15) is 13.2 Å². The van der Waals surface area contributed by atoms with Gasteiger partial charge in [0.15, 0.2) is 6.10 Å². The first-order chi connectivity index (χ1) is 32.0. The Morgan fingerprint density at radius 1 is 0.338 bits per heavy atom. The van der Waals surface area contributed by atoms with Crippen LogP contribution >= 0.6 is 0 Å². The van der Waals surface area contributed by atoms with Crippen molar-refractivity contribution < 1.29 is 28.6 Å². The van der Waals surface area contributed by atoms with Crippen LogP contribution in [0.5, 0.6) is 0 Å². The van der Waals surface area contributed by atoms with Crippen LogP contribution in [0.4, 0.5) is 0 Å². The van der Waals surface area contributed by atoms with Gasteiger partial charge in [0.2, 0.25) is 0 Å². The normalized spacial score (nSPS) is 12.7. The molecule has 0 fully saturated rings. The summed E-state index contributed by atoms with van der Waals surface area (Å²) in [6.07, 6.45) is 68.6. The Hall–Kier alpha value is -3.41. The number of hydrogen-bond acceptors (Lipinski definition) is 6. The average Bonchev–Trinajstić information content (AvgIpc) is 3.30. The third kappa shape index (κ3) is 51.4. The number of allylic oxidation sites excluding steroid dienone is 14. The number of carbonyl (C=O) groups excluding carboxylic acids is 3. The molecule has 0 aromatic heterocycles. The van der Waals surface area contributed by atoms with Crippen LogP contribution in [0.25, 0.3) is 0 Å². The van der Waals surface area contributed by atoms with E-state index in [1.807, 2.05) is 0 Å². The minimum Gasteiger partial charge on any atom is -0.462 e. The van der Waals surface area contributed by atoms with Crippen LogP contribution in [0.2, 0.25) is 0 Å². The van der Waals surface area contributed by atoms with Gasteiger partial charge in [-0.1, -0.05) is 234 Å². The van der Waals surface area contributed by atoms with E-state index in [1.54, 1.807) is 0 Å². The van der Waals surface area contributed by atoms with Crippen LogP contribution in [-0.2, 0) is 28.6 Å². The van der Waals surface area contributed by atoms with Gasteiger partial charge in [0, 0.05) is 19.3 Å². The van der Waals surface area contributed by atoms with Crippen molar-refractivity contribution in [2.75, 3.05) is 13.2 Å². The number of esters is 3. The zero-order chi connectivity index (χ0) is 47.2. The van der Waals surface area contributed by atoms with E-state index >= 15 is 0 Å². The van der Waals surface area contributed by atoms with Crippen molar-refractivity contribution in [2.24, 2.45) is 0 Å². The molecule has 0 aromatic carbocycles. The SMILES string of the molecule is CC/C=C\C/C=C\C/C=C\C/C=C\C/C=C\CCCCCC(=O)OCC(COC(=O)CCCCC/C=C\C=C/CCCC)OC(=O)CCCCCCCCCCCCCCCCCCC. The minimum absolute atomic E-state index is 0.0999. The second-order valence-electron chi connectivity index (χ2n) is 17.8. The fraction of sp³-hybridized carbons (Fsp3) is 0.712. The van der Waals surface area contributed by atoms with Crippen molar-refractivity contribution in [1.29, 1.82) is 0 Å². The second-order valence-corrected chi connectivity index (χ2v) is 17.8. The highest BCUT2D eigenvalue weighted by molar-refractivity contribution is 5.71. The Morgan fingerprint density at radius 2 is 0.662 bits per heavy atom. The summed E-state index contributed by atoms with van der Waals surface area (Å²) in [5.41, 5.74) is 0. The first kappa shape index (κ1) is 61.6. The lowest BCUT2D eigenvalue weighted by Crippen LogP contribution is -2.30. The Bertz CT molecular complexity index is 1270. The van der Waals surface area contributed by atoms with Gasteiger partial charge in [0.05, 0.1) is 0 Å². The van der Waals surface area contributed by atoms with Crippen molar-refractivity contribution in [2.45, 2.75) is 258 Å². The number of hydrogen-bond donors (Lipinski definition) is 0. The molecule has 0 radical (unpaired) electrons. The van der Waals surface area contributed by atoms with Crippen LogP contribution in [0, 0.1) is 0 Å². The van der Waals surface area contributed by atoms with Gasteiger partial charge in [-0.2, -0.15) is 0 Å². The molecule has 6 nitrogen and oxygen atoms in total. The van der Waals surface area contributed by atoms with E-state index in [1.165, 1.54) is 103 Å². The summed E-state index contributed by atoms with van der Waals surface area (Å²) < 4.78 is 16.8. The van der Waals surface area contributed by atoms with Crippen LogP contribution in [0.15, 0.2) is 85.1 Å². The van der Waals surface area contributed by atoms with Crippen LogP contribution in [0.1, 0.15) is 252 Å². The summed E-state index contributed by atoms with van der Waals surface area (Å²) >= 11 is 0. The second kappa shape index (κ2) is 53.2. The molecule has 0 heterocycles. The highest BCUT2D eigenvalue weighted by atomic mass is 16.6. The molecule has 1 unspecified atom stereocenters. The van der Waals surface area contributed by atoms with E-state index in [0.717, 1.165) is 109 Å². The van der Waals surface area contributed by atoms with Crippen molar-refractivity contribution in [3.8, 4) is 0 Å². The quantitative estimate of drug-likeness (QED) is 0.0199. The van der Waals surface area contributed by atoms with Crippen molar-refractivity contribution in [3.63, 3.8) is 0 Å². The van der Waals surface area contributed by atoms with E-state index < -0.39 is 6.10 Å². The monoisotopic (exact) mass is 905 g/mol. The lowest BCUT2D eigenvalue weighted by Gasteiger charge is -2.18. The van der Waals surface area contributed by atoms with Gasteiger partial charge >= 0.3 is 17.9 Å². The first-order valence-electron chi connectivity index (χ1n) is 27.1. The van der Waals surface area contributed by atoms with Crippen LogP contribution < -0.4 is 0 Å². The van der Waals surface area contributed by atoms with E-state index in [-0.39, 0.29) is 31.1 Å². The highest BCUT2D eigenvalue weighted by Gasteiger charge is 2.19.